The van der Waals surface area contributed by atoms with Gasteiger partial charge in [-0.3, -0.25) is 14.9 Å². The van der Waals surface area contributed by atoms with Crippen molar-refractivity contribution in [2.24, 2.45) is 0 Å². The molecule has 0 aliphatic carbocycles. The highest BCUT2D eigenvalue weighted by molar-refractivity contribution is 9.10. The first-order chi connectivity index (χ1) is 7.56. The Balaban J connectivity index is 2.32. The molecule has 0 unspecified atom stereocenters. The Morgan fingerprint density at radius 3 is 2.62 bits per heavy atom. The second kappa shape index (κ2) is 4.05. The fraction of sp³-hybridized carbons (Fsp3) is 0.250. The molecule has 1 aromatic heterocycles. The highest BCUT2D eigenvalue weighted by Gasteiger charge is 2.25. The normalized spacial score (nSPS) is 16.2. The fourth-order valence-electron chi connectivity index (χ4n) is 1.38. The molecule has 0 atom stereocenters. The summed E-state index contributed by atoms with van der Waals surface area (Å²) in [6, 6.07) is 0. The summed E-state index contributed by atoms with van der Waals surface area (Å²) in [5.41, 5.74) is 5.45. The first kappa shape index (κ1) is 10.8. The largest absolute Gasteiger partial charge is 0.368 e. The number of carbonyl (C=O) groups is 2. The number of carbonyl (C=O) groups excluding carboxylic acids is 2. The van der Waals surface area contributed by atoms with E-state index in [4.69, 9.17) is 5.73 Å². The molecule has 8 heteroatoms. The Morgan fingerprint density at radius 2 is 2.00 bits per heavy atom. The Hall–Kier alpha value is -1.70. The molecule has 0 radical (unpaired) electrons. The van der Waals surface area contributed by atoms with E-state index in [1.54, 1.807) is 0 Å². The van der Waals surface area contributed by atoms with Gasteiger partial charge < -0.3 is 10.6 Å². The van der Waals surface area contributed by atoms with Crippen LogP contribution < -0.4 is 16.0 Å². The van der Waals surface area contributed by atoms with Crippen LogP contribution in [-0.4, -0.2) is 34.9 Å². The first-order valence-electron chi connectivity index (χ1n) is 4.42. The number of imide groups is 1. The minimum Gasteiger partial charge on any atom is -0.368 e. The van der Waals surface area contributed by atoms with Crippen molar-refractivity contribution in [3.63, 3.8) is 0 Å². The van der Waals surface area contributed by atoms with Crippen LogP contribution in [0.2, 0.25) is 0 Å². The summed E-state index contributed by atoms with van der Waals surface area (Å²) < 4.78 is 0.587. The van der Waals surface area contributed by atoms with Crippen LogP contribution in [0.4, 0.5) is 11.8 Å². The molecular formula is C8H8BrN5O2. The number of nitrogens with zero attached hydrogens (tertiary/aromatic N) is 3. The van der Waals surface area contributed by atoms with Crippen molar-refractivity contribution < 1.29 is 9.59 Å². The van der Waals surface area contributed by atoms with E-state index in [1.165, 1.54) is 11.1 Å². The number of piperazine rings is 1. The molecule has 7 nitrogen and oxygen atoms in total. The molecule has 2 amide bonds. The maximum absolute atomic E-state index is 11.2. The summed E-state index contributed by atoms with van der Waals surface area (Å²) >= 11 is 3.24. The molecule has 1 aromatic rings. The standard InChI is InChI=1S/C8H8BrN5O2/c9-4-1-11-8(10)13-7(4)14-2-5(15)12-6(16)3-14/h1H,2-3H2,(H2,10,11,13)(H,12,15,16). The zero-order valence-electron chi connectivity index (χ0n) is 8.11. The van der Waals surface area contributed by atoms with E-state index in [0.29, 0.717) is 10.3 Å². The van der Waals surface area contributed by atoms with Gasteiger partial charge in [0, 0.05) is 6.20 Å². The van der Waals surface area contributed by atoms with Crippen molar-refractivity contribution in [1.29, 1.82) is 0 Å². The number of nitrogen functional groups attached to an aromatic ring is 1. The van der Waals surface area contributed by atoms with Gasteiger partial charge in [-0.05, 0) is 15.9 Å². The van der Waals surface area contributed by atoms with Crippen molar-refractivity contribution in [2.75, 3.05) is 23.7 Å². The monoisotopic (exact) mass is 285 g/mol. The zero-order valence-corrected chi connectivity index (χ0v) is 9.69. The minimum atomic E-state index is -0.361. The van der Waals surface area contributed by atoms with Gasteiger partial charge in [-0.2, -0.15) is 4.98 Å². The molecule has 2 heterocycles. The van der Waals surface area contributed by atoms with Gasteiger partial charge in [-0.15, -0.1) is 0 Å². The predicted molar refractivity (Wildman–Crippen MR) is 59.5 cm³/mol. The van der Waals surface area contributed by atoms with Gasteiger partial charge in [0.15, 0.2) is 0 Å². The summed E-state index contributed by atoms with van der Waals surface area (Å²) in [6.07, 6.45) is 1.48. The molecule has 2 rings (SSSR count). The van der Waals surface area contributed by atoms with E-state index < -0.39 is 0 Å². The van der Waals surface area contributed by atoms with E-state index in [0.717, 1.165) is 0 Å². The van der Waals surface area contributed by atoms with Gasteiger partial charge in [-0.25, -0.2) is 4.98 Å². The Kier molecular flexibility index (Phi) is 2.73. The van der Waals surface area contributed by atoms with Crippen LogP contribution in [0.5, 0.6) is 0 Å². The number of nitrogens with two attached hydrogens (primary N) is 1. The van der Waals surface area contributed by atoms with Gasteiger partial charge in [0.25, 0.3) is 0 Å². The quantitative estimate of drug-likeness (QED) is 0.661. The fourth-order valence-corrected chi connectivity index (χ4v) is 1.82. The highest BCUT2D eigenvalue weighted by atomic mass is 79.9. The van der Waals surface area contributed by atoms with E-state index >= 15 is 0 Å². The van der Waals surface area contributed by atoms with Crippen LogP contribution in [0, 0.1) is 0 Å². The van der Waals surface area contributed by atoms with Gasteiger partial charge in [0.05, 0.1) is 17.6 Å². The van der Waals surface area contributed by atoms with Crippen molar-refractivity contribution in [3.05, 3.63) is 10.7 Å². The molecule has 0 bridgehead atoms. The maximum Gasteiger partial charge on any atom is 0.246 e. The number of rotatable bonds is 1. The number of anilines is 2. The Labute approximate surface area is 99.2 Å². The summed E-state index contributed by atoms with van der Waals surface area (Å²) in [5.74, 6) is -0.187. The number of halogens is 1. The van der Waals surface area contributed by atoms with Crippen molar-refractivity contribution in [3.8, 4) is 0 Å². The van der Waals surface area contributed by atoms with E-state index in [1.807, 2.05) is 0 Å². The lowest BCUT2D eigenvalue weighted by molar-refractivity contribution is -0.130. The second-order valence-corrected chi connectivity index (χ2v) is 4.08. The molecular weight excluding hydrogens is 278 g/mol. The van der Waals surface area contributed by atoms with E-state index in [2.05, 4.69) is 31.2 Å². The molecule has 3 N–H and O–H groups in total. The summed E-state index contributed by atoms with van der Waals surface area (Å²) in [5, 5.41) is 2.20. The van der Waals surface area contributed by atoms with Gasteiger partial charge in [0.2, 0.25) is 17.8 Å². The van der Waals surface area contributed by atoms with Crippen LogP contribution in [0.15, 0.2) is 10.7 Å². The highest BCUT2D eigenvalue weighted by Crippen LogP contribution is 2.23. The predicted octanol–water partition coefficient (Wildman–Crippen LogP) is -0.716. The molecule has 1 aliphatic rings. The summed E-state index contributed by atoms with van der Waals surface area (Å²) in [6.45, 7) is 0.140. The van der Waals surface area contributed by atoms with Gasteiger partial charge >= 0.3 is 0 Å². The van der Waals surface area contributed by atoms with Crippen LogP contribution >= 0.6 is 15.9 Å². The lowest BCUT2D eigenvalue weighted by atomic mass is 10.3. The van der Waals surface area contributed by atoms with Crippen LogP contribution in [0.3, 0.4) is 0 Å². The molecule has 0 saturated carbocycles. The van der Waals surface area contributed by atoms with Crippen molar-refractivity contribution in [2.45, 2.75) is 0 Å². The maximum atomic E-state index is 11.2. The van der Waals surface area contributed by atoms with E-state index in [-0.39, 0.29) is 30.9 Å². The van der Waals surface area contributed by atoms with Crippen molar-refractivity contribution >= 4 is 39.5 Å². The number of amides is 2. The number of hydrogen-bond acceptors (Lipinski definition) is 6. The third-order valence-corrected chi connectivity index (χ3v) is 2.55. The first-order valence-corrected chi connectivity index (χ1v) is 5.21. The molecule has 1 saturated heterocycles. The summed E-state index contributed by atoms with van der Waals surface area (Å²) in [7, 11) is 0. The van der Waals surface area contributed by atoms with E-state index in [9.17, 15) is 9.59 Å². The smallest absolute Gasteiger partial charge is 0.246 e. The number of nitrogens with one attached hydrogen (secondary N) is 1. The molecule has 84 valence electrons. The lowest BCUT2D eigenvalue weighted by Crippen LogP contribution is -2.51. The molecule has 1 aliphatic heterocycles. The third-order valence-electron chi connectivity index (χ3n) is 1.99. The molecule has 0 spiro atoms. The molecule has 0 aromatic carbocycles. The number of aromatic nitrogens is 2. The van der Waals surface area contributed by atoms with Gasteiger partial charge in [0.1, 0.15) is 5.82 Å². The molecule has 1 fully saturated rings. The minimum absolute atomic E-state index is 0.0702. The van der Waals surface area contributed by atoms with Crippen LogP contribution in [-0.2, 0) is 9.59 Å². The number of hydrogen-bond donors (Lipinski definition) is 2. The second-order valence-electron chi connectivity index (χ2n) is 3.23. The SMILES string of the molecule is Nc1ncc(Br)c(N2CC(=O)NC(=O)C2)n1. The third kappa shape index (κ3) is 2.11. The topological polar surface area (TPSA) is 101 Å². The van der Waals surface area contributed by atoms with Crippen molar-refractivity contribution in [1.82, 2.24) is 15.3 Å². The van der Waals surface area contributed by atoms with Crippen LogP contribution in [0.25, 0.3) is 0 Å². The summed E-state index contributed by atoms with van der Waals surface area (Å²) in [4.78, 5) is 31.7. The average Bonchev–Trinajstić information content (AvgIpc) is 2.20. The zero-order chi connectivity index (χ0) is 11.7. The Morgan fingerprint density at radius 1 is 1.38 bits per heavy atom. The lowest BCUT2D eigenvalue weighted by Gasteiger charge is -2.26. The average molecular weight is 286 g/mol. The Bertz CT molecular complexity index is 448. The molecule has 16 heavy (non-hydrogen) atoms. The van der Waals surface area contributed by atoms with Crippen LogP contribution in [0.1, 0.15) is 0 Å². The van der Waals surface area contributed by atoms with Gasteiger partial charge in [-0.1, -0.05) is 0 Å².